The lowest BCUT2D eigenvalue weighted by Gasteiger charge is -2.09. The van der Waals surface area contributed by atoms with Crippen LogP contribution in [-0.4, -0.2) is 30.8 Å². The molecule has 7 heteroatoms. The van der Waals surface area contributed by atoms with Crippen molar-refractivity contribution in [2.45, 2.75) is 20.0 Å². The summed E-state index contributed by atoms with van der Waals surface area (Å²) in [5.74, 6) is -0.776. The third-order valence-electron chi connectivity index (χ3n) is 3.09. The molecule has 1 amide bonds. The van der Waals surface area contributed by atoms with Crippen molar-refractivity contribution in [1.82, 2.24) is 5.43 Å². The molecule has 0 bridgehead atoms. The van der Waals surface area contributed by atoms with Crippen LogP contribution in [0.4, 0.5) is 4.39 Å². The SMILES string of the molecule is CC(C)OC(=O)COc1ccc(/C=N\NC(=O)c2ccc(F)cc2)cc1. The van der Waals surface area contributed by atoms with Gasteiger partial charge in [0.15, 0.2) is 6.61 Å². The Kier molecular flexibility index (Phi) is 6.84. The van der Waals surface area contributed by atoms with Crippen molar-refractivity contribution in [2.75, 3.05) is 6.61 Å². The summed E-state index contributed by atoms with van der Waals surface area (Å²) in [5, 5.41) is 3.84. The molecule has 136 valence electrons. The van der Waals surface area contributed by atoms with Crippen LogP contribution in [0, 0.1) is 5.82 Å². The molecule has 6 nitrogen and oxygen atoms in total. The first-order valence-corrected chi connectivity index (χ1v) is 7.95. The summed E-state index contributed by atoms with van der Waals surface area (Å²) in [6.07, 6.45) is 1.27. The molecule has 0 saturated heterocycles. The third kappa shape index (κ3) is 6.35. The zero-order valence-electron chi connectivity index (χ0n) is 14.4. The van der Waals surface area contributed by atoms with E-state index in [0.29, 0.717) is 11.3 Å². The van der Waals surface area contributed by atoms with Gasteiger partial charge in [0.2, 0.25) is 0 Å². The van der Waals surface area contributed by atoms with Gasteiger partial charge < -0.3 is 9.47 Å². The first-order chi connectivity index (χ1) is 12.4. The second-order valence-corrected chi connectivity index (χ2v) is 5.60. The standard InChI is InChI=1S/C19H19FN2O4/c1-13(2)26-18(23)12-25-17-9-3-14(4-10-17)11-21-22-19(24)15-5-7-16(20)8-6-15/h3-11,13H,12H2,1-2H3,(H,22,24)/b21-11-. The fraction of sp³-hybridized carbons (Fsp3) is 0.211. The number of carbonyl (C=O) groups is 2. The predicted molar refractivity (Wildman–Crippen MR) is 94.6 cm³/mol. The molecule has 0 spiro atoms. The molecule has 0 aliphatic heterocycles. The van der Waals surface area contributed by atoms with Crippen molar-refractivity contribution in [3.05, 3.63) is 65.5 Å². The van der Waals surface area contributed by atoms with Gasteiger partial charge in [-0.25, -0.2) is 14.6 Å². The minimum atomic E-state index is -0.440. The minimum Gasteiger partial charge on any atom is -0.482 e. The molecule has 0 aliphatic carbocycles. The van der Waals surface area contributed by atoms with Gasteiger partial charge in [0.25, 0.3) is 5.91 Å². The van der Waals surface area contributed by atoms with Gasteiger partial charge in [-0.2, -0.15) is 5.10 Å². The highest BCUT2D eigenvalue weighted by Gasteiger charge is 2.06. The minimum absolute atomic E-state index is 0.167. The highest BCUT2D eigenvalue weighted by molar-refractivity contribution is 5.94. The number of hydrogen-bond donors (Lipinski definition) is 1. The molecule has 26 heavy (non-hydrogen) atoms. The largest absolute Gasteiger partial charge is 0.482 e. The Morgan fingerprint density at radius 3 is 2.38 bits per heavy atom. The van der Waals surface area contributed by atoms with E-state index < -0.39 is 17.7 Å². The zero-order valence-corrected chi connectivity index (χ0v) is 14.4. The predicted octanol–water partition coefficient (Wildman–Crippen LogP) is 2.92. The second kappa shape index (κ2) is 9.31. The first-order valence-electron chi connectivity index (χ1n) is 7.95. The molecule has 0 heterocycles. The van der Waals surface area contributed by atoms with Crippen LogP contribution in [0.25, 0.3) is 0 Å². The number of carbonyl (C=O) groups excluding carboxylic acids is 2. The van der Waals surface area contributed by atoms with Crippen molar-refractivity contribution < 1.29 is 23.5 Å². The number of nitrogens with one attached hydrogen (secondary N) is 1. The number of hydrazone groups is 1. The molecule has 0 saturated carbocycles. The van der Waals surface area contributed by atoms with Crippen molar-refractivity contribution in [3.63, 3.8) is 0 Å². The van der Waals surface area contributed by atoms with Crippen LogP contribution in [0.15, 0.2) is 53.6 Å². The van der Waals surface area contributed by atoms with Crippen LogP contribution in [0.3, 0.4) is 0 Å². The smallest absolute Gasteiger partial charge is 0.344 e. The zero-order chi connectivity index (χ0) is 18.9. The third-order valence-corrected chi connectivity index (χ3v) is 3.09. The molecular weight excluding hydrogens is 339 g/mol. The van der Waals surface area contributed by atoms with Gasteiger partial charge in [-0.1, -0.05) is 0 Å². The van der Waals surface area contributed by atoms with E-state index in [1.165, 1.54) is 30.5 Å². The maximum Gasteiger partial charge on any atom is 0.344 e. The van der Waals surface area contributed by atoms with Gasteiger partial charge in [-0.05, 0) is 67.9 Å². The highest BCUT2D eigenvalue weighted by Crippen LogP contribution is 2.11. The molecule has 0 aliphatic rings. The Balaban J connectivity index is 1.82. The maximum atomic E-state index is 12.8. The van der Waals surface area contributed by atoms with Crippen molar-refractivity contribution in [3.8, 4) is 5.75 Å². The molecule has 0 radical (unpaired) electrons. The number of ether oxygens (including phenoxy) is 2. The topological polar surface area (TPSA) is 77.0 Å². The highest BCUT2D eigenvalue weighted by atomic mass is 19.1. The fourth-order valence-corrected chi connectivity index (χ4v) is 1.92. The van der Waals surface area contributed by atoms with Gasteiger partial charge in [0.1, 0.15) is 11.6 Å². The lowest BCUT2D eigenvalue weighted by Crippen LogP contribution is -2.18. The van der Waals surface area contributed by atoms with Gasteiger partial charge >= 0.3 is 5.97 Å². The van der Waals surface area contributed by atoms with Gasteiger partial charge in [-0.3, -0.25) is 4.79 Å². The molecule has 0 aromatic heterocycles. The molecular formula is C19H19FN2O4. The molecule has 0 atom stereocenters. The van der Waals surface area contributed by atoms with E-state index in [0.717, 1.165) is 5.56 Å². The molecule has 2 aromatic rings. The van der Waals surface area contributed by atoms with Crippen molar-refractivity contribution >= 4 is 18.1 Å². The quantitative estimate of drug-likeness (QED) is 0.469. The van der Waals surface area contributed by atoms with Gasteiger partial charge in [0.05, 0.1) is 12.3 Å². The Morgan fingerprint density at radius 1 is 1.12 bits per heavy atom. The van der Waals surface area contributed by atoms with Crippen molar-refractivity contribution in [1.29, 1.82) is 0 Å². The average Bonchev–Trinajstić information content (AvgIpc) is 2.61. The van der Waals surface area contributed by atoms with Crippen LogP contribution >= 0.6 is 0 Å². The second-order valence-electron chi connectivity index (χ2n) is 5.60. The Hall–Kier alpha value is -3.22. The van der Waals surface area contributed by atoms with E-state index in [1.54, 1.807) is 38.1 Å². The number of esters is 1. The average molecular weight is 358 g/mol. The Morgan fingerprint density at radius 2 is 1.77 bits per heavy atom. The molecule has 0 unspecified atom stereocenters. The van der Waals surface area contributed by atoms with Crippen LogP contribution < -0.4 is 10.2 Å². The fourth-order valence-electron chi connectivity index (χ4n) is 1.92. The van der Waals surface area contributed by atoms with Gasteiger partial charge in [0, 0.05) is 5.56 Å². The number of rotatable bonds is 7. The summed E-state index contributed by atoms with van der Waals surface area (Å²) in [5.41, 5.74) is 3.39. The van der Waals surface area contributed by atoms with Crippen molar-refractivity contribution in [2.24, 2.45) is 5.10 Å². The molecule has 1 N–H and O–H groups in total. The van der Waals surface area contributed by atoms with Crippen LogP contribution in [0.2, 0.25) is 0 Å². The number of amides is 1. The summed E-state index contributed by atoms with van der Waals surface area (Å²) in [7, 11) is 0. The number of nitrogens with zero attached hydrogens (tertiary/aromatic N) is 1. The monoisotopic (exact) mass is 358 g/mol. The van der Waals surface area contributed by atoms with E-state index in [-0.39, 0.29) is 12.7 Å². The summed E-state index contributed by atoms with van der Waals surface area (Å²) in [4.78, 5) is 23.2. The lowest BCUT2D eigenvalue weighted by molar-refractivity contribution is -0.149. The maximum absolute atomic E-state index is 12.8. The first kappa shape index (κ1) is 19.1. The van der Waals surface area contributed by atoms with E-state index in [9.17, 15) is 14.0 Å². The van der Waals surface area contributed by atoms with E-state index in [1.807, 2.05) is 0 Å². The molecule has 2 aromatic carbocycles. The van der Waals surface area contributed by atoms with E-state index >= 15 is 0 Å². The number of halogens is 1. The number of hydrogen-bond acceptors (Lipinski definition) is 5. The Labute approximate surface area is 150 Å². The normalized spacial score (nSPS) is 10.8. The molecule has 2 rings (SSSR count). The Bertz CT molecular complexity index is 771. The summed E-state index contributed by atoms with van der Waals surface area (Å²) in [6, 6.07) is 11.9. The van der Waals surface area contributed by atoms with E-state index in [4.69, 9.17) is 9.47 Å². The lowest BCUT2D eigenvalue weighted by atomic mass is 10.2. The van der Waals surface area contributed by atoms with Crippen LogP contribution in [-0.2, 0) is 9.53 Å². The summed E-state index contributed by atoms with van der Waals surface area (Å²) in [6.45, 7) is 3.36. The van der Waals surface area contributed by atoms with Crippen LogP contribution in [0.1, 0.15) is 29.8 Å². The van der Waals surface area contributed by atoms with Gasteiger partial charge in [-0.15, -0.1) is 0 Å². The number of benzene rings is 2. The van der Waals surface area contributed by atoms with E-state index in [2.05, 4.69) is 10.5 Å². The summed E-state index contributed by atoms with van der Waals surface area (Å²) < 4.78 is 23.1. The summed E-state index contributed by atoms with van der Waals surface area (Å²) >= 11 is 0. The molecule has 0 fully saturated rings. The van der Waals surface area contributed by atoms with Crippen LogP contribution in [0.5, 0.6) is 5.75 Å².